The number of hydrogen-bond acceptors (Lipinski definition) is 3. The fraction of sp³-hybridized carbons (Fsp3) is 0. The number of nitrogens with one attached hydrogen (secondary N) is 1. The van der Waals surface area contributed by atoms with Crippen LogP contribution in [0.2, 0.25) is 0 Å². The van der Waals surface area contributed by atoms with Crippen molar-refractivity contribution in [2.75, 3.05) is 5.73 Å². The molecular weight excluding hydrogens is 240 g/mol. The molecular formula is C15H12N2O2. The summed E-state index contributed by atoms with van der Waals surface area (Å²) in [5.41, 5.74) is 7.48. The third-order valence-corrected chi connectivity index (χ3v) is 3.13. The number of phenols is 1. The minimum atomic E-state index is -0.350. The molecule has 0 bridgehead atoms. The van der Waals surface area contributed by atoms with Crippen molar-refractivity contribution < 1.29 is 5.11 Å². The second kappa shape index (κ2) is 4.17. The molecule has 0 spiro atoms. The Kier molecular flexibility index (Phi) is 2.49. The molecule has 3 rings (SSSR count). The van der Waals surface area contributed by atoms with Crippen LogP contribution in [0.15, 0.2) is 53.3 Å². The van der Waals surface area contributed by atoms with Gasteiger partial charge in [0.25, 0.3) is 5.56 Å². The summed E-state index contributed by atoms with van der Waals surface area (Å²) in [6.45, 7) is 0. The normalized spacial score (nSPS) is 10.7. The van der Waals surface area contributed by atoms with Crippen molar-refractivity contribution in [2.24, 2.45) is 0 Å². The smallest absolute Gasteiger partial charge is 0.272 e. The number of phenolic OH excluding ortho intramolecular Hbond substituents is 1. The number of pyridine rings is 1. The predicted octanol–water partition coefficient (Wildman–Crippen LogP) is 2.48. The lowest BCUT2D eigenvalue weighted by molar-refractivity contribution is 0.477. The molecule has 0 aliphatic carbocycles. The number of anilines is 1. The average Bonchev–Trinajstić information content (AvgIpc) is 2.42. The molecule has 0 radical (unpaired) electrons. The monoisotopic (exact) mass is 252 g/mol. The van der Waals surface area contributed by atoms with Crippen molar-refractivity contribution in [1.29, 1.82) is 0 Å². The Balaban J connectivity index is 2.50. The molecule has 4 heteroatoms. The lowest BCUT2D eigenvalue weighted by Gasteiger charge is -2.11. The van der Waals surface area contributed by atoms with Crippen LogP contribution in [-0.2, 0) is 0 Å². The molecule has 0 aliphatic heterocycles. The molecule has 1 aromatic heterocycles. The van der Waals surface area contributed by atoms with Gasteiger partial charge >= 0.3 is 0 Å². The summed E-state index contributed by atoms with van der Waals surface area (Å²) >= 11 is 0. The molecule has 94 valence electrons. The highest BCUT2D eigenvalue weighted by Gasteiger charge is 2.14. The Hall–Kier alpha value is -2.75. The van der Waals surface area contributed by atoms with Gasteiger partial charge in [-0.3, -0.25) is 4.79 Å². The van der Waals surface area contributed by atoms with E-state index in [4.69, 9.17) is 5.73 Å². The van der Waals surface area contributed by atoms with Crippen LogP contribution in [0.3, 0.4) is 0 Å². The minimum Gasteiger partial charge on any atom is -0.507 e. The quantitative estimate of drug-likeness (QED) is 0.622. The first-order chi connectivity index (χ1) is 9.18. The van der Waals surface area contributed by atoms with E-state index >= 15 is 0 Å². The van der Waals surface area contributed by atoms with Gasteiger partial charge in [0.15, 0.2) is 0 Å². The summed E-state index contributed by atoms with van der Waals surface area (Å²) in [6, 6.07) is 14.2. The SMILES string of the molecule is Nc1c(-c2ccccc2O)c2ccccc2[nH]c1=O. The van der Waals surface area contributed by atoms with Crippen LogP contribution >= 0.6 is 0 Å². The number of aromatic amines is 1. The first-order valence-corrected chi connectivity index (χ1v) is 5.87. The number of para-hydroxylation sites is 2. The third kappa shape index (κ3) is 1.74. The summed E-state index contributed by atoms with van der Waals surface area (Å²) in [5.74, 6) is 0.102. The van der Waals surface area contributed by atoms with Gasteiger partial charge in [0, 0.05) is 22.0 Å². The molecule has 0 saturated heterocycles. The number of H-pyrrole nitrogens is 1. The van der Waals surface area contributed by atoms with E-state index < -0.39 is 0 Å². The van der Waals surface area contributed by atoms with E-state index in [0.717, 1.165) is 5.39 Å². The van der Waals surface area contributed by atoms with Crippen LogP contribution in [-0.4, -0.2) is 10.1 Å². The van der Waals surface area contributed by atoms with Crippen LogP contribution < -0.4 is 11.3 Å². The molecule has 0 atom stereocenters. The minimum absolute atomic E-state index is 0.102. The van der Waals surface area contributed by atoms with E-state index in [0.29, 0.717) is 16.6 Å². The highest BCUT2D eigenvalue weighted by Crippen LogP contribution is 2.35. The third-order valence-electron chi connectivity index (χ3n) is 3.13. The average molecular weight is 252 g/mol. The molecule has 0 fully saturated rings. The maximum absolute atomic E-state index is 11.9. The molecule has 0 aliphatic rings. The Morgan fingerprint density at radius 1 is 1.00 bits per heavy atom. The Labute approximate surface area is 109 Å². The first-order valence-electron chi connectivity index (χ1n) is 5.87. The molecule has 3 aromatic rings. The molecule has 1 heterocycles. The number of benzene rings is 2. The van der Waals surface area contributed by atoms with Gasteiger partial charge in [-0.2, -0.15) is 0 Å². The Morgan fingerprint density at radius 3 is 2.47 bits per heavy atom. The van der Waals surface area contributed by atoms with Crippen molar-refractivity contribution >= 4 is 16.6 Å². The highest BCUT2D eigenvalue weighted by molar-refractivity contribution is 6.01. The maximum Gasteiger partial charge on any atom is 0.272 e. The van der Waals surface area contributed by atoms with Crippen molar-refractivity contribution in [1.82, 2.24) is 4.98 Å². The zero-order chi connectivity index (χ0) is 13.4. The van der Waals surface area contributed by atoms with Crippen LogP contribution in [0.5, 0.6) is 5.75 Å². The molecule has 0 amide bonds. The number of nitrogen functional groups attached to an aromatic ring is 1. The van der Waals surface area contributed by atoms with Crippen molar-refractivity contribution in [3.63, 3.8) is 0 Å². The highest BCUT2D eigenvalue weighted by atomic mass is 16.3. The predicted molar refractivity (Wildman–Crippen MR) is 76.1 cm³/mol. The molecule has 19 heavy (non-hydrogen) atoms. The van der Waals surface area contributed by atoms with Gasteiger partial charge in [0.1, 0.15) is 11.4 Å². The summed E-state index contributed by atoms with van der Waals surface area (Å²) in [4.78, 5) is 14.6. The second-order valence-electron chi connectivity index (χ2n) is 4.31. The van der Waals surface area contributed by atoms with Gasteiger partial charge in [-0.25, -0.2) is 0 Å². The summed E-state index contributed by atoms with van der Waals surface area (Å²) in [5, 5.41) is 10.8. The fourth-order valence-electron chi connectivity index (χ4n) is 2.23. The number of rotatable bonds is 1. The molecule has 4 nitrogen and oxygen atoms in total. The number of aromatic hydroxyl groups is 1. The van der Waals surface area contributed by atoms with Crippen molar-refractivity contribution in [3.8, 4) is 16.9 Å². The van der Waals surface area contributed by atoms with Gasteiger partial charge in [-0.1, -0.05) is 36.4 Å². The standard InChI is InChI=1S/C15H12N2O2/c16-14-13(10-6-2-4-8-12(10)18)9-5-1-3-7-11(9)17-15(14)19/h1-8,18H,16H2,(H,17,19). The van der Waals surface area contributed by atoms with Crippen molar-refractivity contribution in [2.45, 2.75) is 0 Å². The number of aromatic nitrogens is 1. The van der Waals surface area contributed by atoms with Gasteiger partial charge in [-0.05, 0) is 12.1 Å². The second-order valence-corrected chi connectivity index (χ2v) is 4.31. The Bertz CT molecular complexity index is 822. The molecule has 2 aromatic carbocycles. The lowest BCUT2D eigenvalue weighted by Crippen LogP contribution is -2.13. The largest absolute Gasteiger partial charge is 0.507 e. The van der Waals surface area contributed by atoms with Gasteiger partial charge in [0.05, 0.1) is 0 Å². The number of hydrogen-bond donors (Lipinski definition) is 3. The zero-order valence-electron chi connectivity index (χ0n) is 10.1. The maximum atomic E-state index is 11.9. The van der Waals surface area contributed by atoms with E-state index in [-0.39, 0.29) is 17.0 Å². The number of fused-ring (bicyclic) bond motifs is 1. The van der Waals surface area contributed by atoms with E-state index in [1.807, 2.05) is 18.2 Å². The Morgan fingerprint density at radius 2 is 1.68 bits per heavy atom. The topological polar surface area (TPSA) is 79.1 Å². The zero-order valence-corrected chi connectivity index (χ0v) is 10.1. The lowest BCUT2D eigenvalue weighted by atomic mass is 9.99. The van der Waals surface area contributed by atoms with Crippen LogP contribution in [0.25, 0.3) is 22.0 Å². The van der Waals surface area contributed by atoms with Crippen LogP contribution in [0.4, 0.5) is 5.69 Å². The summed E-state index contributed by atoms with van der Waals surface area (Å²) < 4.78 is 0. The van der Waals surface area contributed by atoms with E-state index in [9.17, 15) is 9.90 Å². The van der Waals surface area contributed by atoms with Gasteiger partial charge in [-0.15, -0.1) is 0 Å². The van der Waals surface area contributed by atoms with Crippen LogP contribution in [0, 0.1) is 0 Å². The van der Waals surface area contributed by atoms with Crippen molar-refractivity contribution in [3.05, 3.63) is 58.9 Å². The molecule has 4 N–H and O–H groups in total. The van der Waals surface area contributed by atoms with Crippen LogP contribution in [0.1, 0.15) is 0 Å². The first kappa shape index (κ1) is 11.3. The van der Waals surface area contributed by atoms with Gasteiger partial charge in [0.2, 0.25) is 0 Å². The van der Waals surface area contributed by atoms with E-state index in [2.05, 4.69) is 4.98 Å². The number of nitrogens with two attached hydrogens (primary N) is 1. The van der Waals surface area contributed by atoms with Gasteiger partial charge < -0.3 is 15.8 Å². The molecule has 0 saturated carbocycles. The summed E-state index contributed by atoms with van der Waals surface area (Å²) in [7, 11) is 0. The van der Waals surface area contributed by atoms with E-state index in [1.54, 1.807) is 30.3 Å². The summed E-state index contributed by atoms with van der Waals surface area (Å²) in [6.07, 6.45) is 0. The molecule has 0 unspecified atom stereocenters. The van der Waals surface area contributed by atoms with E-state index in [1.165, 1.54) is 0 Å². The fourth-order valence-corrected chi connectivity index (χ4v) is 2.23.